The van der Waals surface area contributed by atoms with Gasteiger partial charge in [0, 0.05) is 6.07 Å². The Kier molecular flexibility index (Phi) is 2.16. The van der Waals surface area contributed by atoms with E-state index in [1.54, 1.807) is 0 Å². The molecule has 0 atom stereocenters. The van der Waals surface area contributed by atoms with E-state index in [4.69, 9.17) is 10.8 Å². The molecule has 0 fully saturated rings. The van der Waals surface area contributed by atoms with Crippen molar-refractivity contribution in [2.75, 3.05) is 5.73 Å². The van der Waals surface area contributed by atoms with Crippen LogP contribution in [0.5, 0.6) is 0 Å². The summed E-state index contributed by atoms with van der Waals surface area (Å²) in [6.07, 6.45) is 2.47. The molecular weight excluding hydrogens is 214 g/mol. The van der Waals surface area contributed by atoms with Crippen molar-refractivity contribution in [3.8, 4) is 5.82 Å². The van der Waals surface area contributed by atoms with E-state index in [1.165, 1.54) is 18.6 Å². The zero-order valence-electron chi connectivity index (χ0n) is 7.91. The van der Waals surface area contributed by atoms with Gasteiger partial charge in [0.25, 0.3) is 5.56 Å². The SMILES string of the molecule is Nc1cn(-c2cc(=O)[nH]cn2)nc1C(=O)O. The average molecular weight is 221 g/mol. The highest BCUT2D eigenvalue weighted by atomic mass is 16.4. The lowest BCUT2D eigenvalue weighted by molar-refractivity contribution is 0.0691. The Morgan fingerprint density at radius 3 is 2.88 bits per heavy atom. The van der Waals surface area contributed by atoms with Gasteiger partial charge >= 0.3 is 5.97 Å². The lowest BCUT2D eigenvalue weighted by atomic mass is 10.4. The van der Waals surface area contributed by atoms with Crippen molar-refractivity contribution in [3.05, 3.63) is 34.6 Å². The van der Waals surface area contributed by atoms with Gasteiger partial charge in [-0.25, -0.2) is 14.5 Å². The summed E-state index contributed by atoms with van der Waals surface area (Å²) in [6.45, 7) is 0. The van der Waals surface area contributed by atoms with Crippen LogP contribution in [0.25, 0.3) is 5.82 Å². The van der Waals surface area contributed by atoms with Crippen LogP contribution in [-0.4, -0.2) is 30.8 Å². The van der Waals surface area contributed by atoms with Gasteiger partial charge < -0.3 is 15.8 Å². The number of hydrogen-bond donors (Lipinski definition) is 3. The molecule has 2 heterocycles. The maximum absolute atomic E-state index is 11.0. The third-order valence-corrected chi connectivity index (χ3v) is 1.84. The first-order chi connectivity index (χ1) is 7.58. The summed E-state index contributed by atoms with van der Waals surface area (Å²) in [6, 6.07) is 1.18. The molecule has 2 rings (SSSR count). The summed E-state index contributed by atoms with van der Waals surface area (Å²) < 4.78 is 1.13. The molecule has 0 saturated carbocycles. The Labute approximate surface area is 88.4 Å². The van der Waals surface area contributed by atoms with Gasteiger partial charge in [0.05, 0.1) is 18.2 Å². The van der Waals surface area contributed by atoms with E-state index in [2.05, 4.69) is 15.1 Å². The predicted octanol–water partition coefficient (Wildman–Crippen LogP) is -0.764. The van der Waals surface area contributed by atoms with Crippen LogP contribution in [0.1, 0.15) is 10.5 Å². The Bertz CT molecular complexity index is 600. The summed E-state index contributed by atoms with van der Waals surface area (Å²) in [4.78, 5) is 27.8. The fraction of sp³-hybridized carbons (Fsp3) is 0. The molecular formula is C8H7N5O3. The highest BCUT2D eigenvalue weighted by Gasteiger charge is 2.14. The monoisotopic (exact) mass is 221 g/mol. The van der Waals surface area contributed by atoms with E-state index in [0.717, 1.165) is 4.68 Å². The summed E-state index contributed by atoms with van der Waals surface area (Å²) >= 11 is 0. The fourth-order valence-electron chi connectivity index (χ4n) is 1.15. The molecule has 0 radical (unpaired) electrons. The van der Waals surface area contributed by atoms with Gasteiger partial charge in [-0.1, -0.05) is 0 Å². The minimum Gasteiger partial charge on any atom is -0.476 e. The molecule has 0 saturated heterocycles. The first kappa shape index (κ1) is 9.90. The number of aromatic amines is 1. The highest BCUT2D eigenvalue weighted by Crippen LogP contribution is 2.11. The smallest absolute Gasteiger partial charge is 0.358 e. The van der Waals surface area contributed by atoms with Gasteiger partial charge in [-0.3, -0.25) is 4.79 Å². The number of aromatic nitrogens is 4. The van der Waals surface area contributed by atoms with Gasteiger partial charge in [0.15, 0.2) is 11.5 Å². The number of rotatable bonds is 2. The molecule has 0 spiro atoms. The quantitative estimate of drug-likeness (QED) is 0.611. The first-order valence-corrected chi connectivity index (χ1v) is 4.21. The number of carboxylic acid groups (broad SMARTS) is 1. The van der Waals surface area contributed by atoms with E-state index < -0.39 is 5.97 Å². The Hall–Kier alpha value is -2.64. The van der Waals surface area contributed by atoms with Crippen LogP contribution in [0.4, 0.5) is 5.69 Å². The third-order valence-electron chi connectivity index (χ3n) is 1.84. The van der Waals surface area contributed by atoms with Crippen molar-refractivity contribution < 1.29 is 9.90 Å². The molecule has 0 aromatic carbocycles. The first-order valence-electron chi connectivity index (χ1n) is 4.21. The number of hydrogen-bond acceptors (Lipinski definition) is 5. The van der Waals surface area contributed by atoms with Crippen LogP contribution < -0.4 is 11.3 Å². The van der Waals surface area contributed by atoms with Crippen molar-refractivity contribution >= 4 is 11.7 Å². The summed E-state index contributed by atoms with van der Waals surface area (Å²) in [5.41, 5.74) is 4.81. The third kappa shape index (κ3) is 1.63. The minimum atomic E-state index is -1.24. The molecule has 0 amide bonds. The zero-order valence-corrected chi connectivity index (χ0v) is 7.91. The van der Waals surface area contributed by atoms with Gasteiger partial charge in [0.2, 0.25) is 0 Å². The topological polar surface area (TPSA) is 127 Å². The minimum absolute atomic E-state index is 0.00887. The van der Waals surface area contributed by atoms with Gasteiger partial charge in [-0.15, -0.1) is 0 Å². The second kappa shape index (κ2) is 3.50. The van der Waals surface area contributed by atoms with Crippen LogP contribution in [0.3, 0.4) is 0 Å². The Morgan fingerprint density at radius 1 is 1.56 bits per heavy atom. The molecule has 0 unspecified atom stereocenters. The molecule has 2 aromatic heterocycles. The lowest BCUT2D eigenvalue weighted by Crippen LogP contribution is -2.09. The normalized spacial score (nSPS) is 10.2. The number of aromatic carboxylic acids is 1. The van der Waals surface area contributed by atoms with Crippen molar-refractivity contribution in [3.63, 3.8) is 0 Å². The van der Waals surface area contributed by atoms with E-state index in [1.807, 2.05) is 0 Å². The lowest BCUT2D eigenvalue weighted by Gasteiger charge is -1.96. The van der Waals surface area contributed by atoms with Gasteiger partial charge in [0.1, 0.15) is 0 Å². The number of nitrogens with two attached hydrogens (primary N) is 1. The van der Waals surface area contributed by atoms with Crippen LogP contribution in [0.15, 0.2) is 23.4 Å². The average Bonchev–Trinajstić information content (AvgIpc) is 2.60. The number of nitrogens with zero attached hydrogens (tertiary/aromatic N) is 3. The van der Waals surface area contributed by atoms with Crippen LogP contribution in [0, 0.1) is 0 Å². The van der Waals surface area contributed by atoms with Gasteiger partial charge in [-0.2, -0.15) is 5.10 Å². The molecule has 8 heteroatoms. The molecule has 0 aliphatic heterocycles. The van der Waals surface area contributed by atoms with Gasteiger partial charge in [-0.05, 0) is 0 Å². The number of anilines is 1. The second-order valence-electron chi connectivity index (χ2n) is 2.95. The molecule has 16 heavy (non-hydrogen) atoms. The van der Waals surface area contributed by atoms with Crippen LogP contribution in [0.2, 0.25) is 0 Å². The molecule has 82 valence electrons. The number of carboxylic acids is 1. The molecule has 0 aliphatic carbocycles. The van der Waals surface area contributed by atoms with E-state index in [9.17, 15) is 9.59 Å². The number of carbonyl (C=O) groups is 1. The Balaban J connectivity index is 2.53. The molecule has 0 bridgehead atoms. The summed E-state index contributed by atoms with van der Waals surface area (Å²) in [5.74, 6) is -1.04. The highest BCUT2D eigenvalue weighted by molar-refractivity contribution is 5.91. The number of nitrogens with one attached hydrogen (secondary N) is 1. The van der Waals surface area contributed by atoms with Crippen molar-refractivity contribution in [2.45, 2.75) is 0 Å². The molecule has 0 aliphatic rings. The molecule has 4 N–H and O–H groups in total. The van der Waals surface area contributed by atoms with Crippen molar-refractivity contribution in [1.29, 1.82) is 0 Å². The van der Waals surface area contributed by atoms with E-state index in [0.29, 0.717) is 0 Å². The largest absolute Gasteiger partial charge is 0.476 e. The molecule has 2 aromatic rings. The Morgan fingerprint density at radius 2 is 2.31 bits per heavy atom. The van der Waals surface area contributed by atoms with Crippen LogP contribution in [-0.2, 0) is 0 Å². The maximum atomic E-state index is 11.0. The predicted molar refractivity (Wildman–Crippen MR) is 53.4 cm³/mol. The number of nitrogen functional groups attached to an aromatic ring is 1. The fourth-order valence-corrected chi connectivity index (χ4v) is 1.15. The van der Waals surface area contributed by atoms with E-state index >= 15 is 0 Å². The standard InChI is InChI=1S/C8H7N5O3/c9-4-2-13(12-7(4)8(15)16)5-1-6(14)11-3-10-5/h1-3H,9H2,(H,15,16)(H,10,11,14). The summed E-state index contributed by atoms with van der Waals surface area (Å²) in [7, 11) is 0. The van der Waals surface area contributed by atoms with Crippen molar-refractivity contribution in [2.24, 2.45) is 0 Å². The van der Waals surface area contributed by atoms with E-state index in [-0.39, 0.29) is 22.8 Å². The van der Waals surface area contributed by atoms with Crippen LogP contribution >= 0.6 is 0 Å². The van der Waals surface area contributed by atoms with Crippen molar-refractivity contribution in [1.82, 2.24) is 19.7 Å². The summed E-state index contributed by atoms with van der Waals surface area (Å²) in [5, 5.41) is 12.4. The molecule has 8 nitrogen and oxygen atoms in total. The second-order valence-corrected chi connectivity index (χ2v) is 2.95. The number of H-pyrrole nitrogens is 1. The zero-order chi connectivity index (χ0) is 11.7. The maximum Gasteiger partial charge on any atom is 0.358 e.